The van der Waals surface area contributed by atoms with Crippen molar-refractivity contribution in [3.63, 3.8) is 0 Å². The number of rotatable bonds is 8. The molecule has 0 saturated heterocycles. The lowest BCUT2D eigenvalue weighted by molar-refractivity contribution is -0.885. The summed E-state index contributed by atoms with van der Waals surface area (Å²) >= 11 is 0. The third kappa shape index (κ3) is 5.47. The predicted molar refractivity (Wildman–Crippen MR) is 108 cm³/mol. The van der Waals surface area contributed by atoms with Crippen LogP contribution in [0.25, 0.3) is 0 Å². The molecule has 1 unspecified atom stereocenters. The maximum absolute atomic E-state index is 12.3. The number of amides is 2. The van der Waals surface area contributed by atoms with Crippen molar-refractivity contribution in [1.29, 1.82) is 0 Å². The van der Waals surface area contributed by atoms with Crippen LogP contribution < -0.4 is 25.0 Å². The second-order valence-corrected chi connectivity index (χ2v) is 6.65. The summed E-state index contributed by atoms with van der Waals surface area (Å²) in [6.45, 7) is 3.00. The fourth-order valence-electron chi connectivity index (χ4n) is 2.93. The van der Waals surface area contributed by atoms with Crippen LogP contribution >= 0.6 is 0 Å². The number of ether oxygens (including phenoxy) is 2. The van der Waals surface area contributed by atoms with Crippen molar-refractivity contribution < 1.29 is 24.0 Å². The van der Waals surface area contributed by atoms with Gasteiger partial charge in [-0.1, -0.05) is 0 Å². The average Bonchev–Trinajstić information content (AvgIpc) is 2.68. The fourth-order valence-corrected chi connectivity index (χ4v) is 2.93. The topological polar surface area (TPSA) is 81.1 Å². The molecule has 0 aliphatic heterocycles. The Morgan fingerprint density at radius 3 is 2.21 bits per heavy atom. The van der Waals surface area contributed by atoms with Gasteiger partial charge in [0.25, 0.3) is 11.8 Å². The maximum atomic E-state index is 12.3. The van der Waals surface area contributed by atoms with E-state index in [9.17, 15) is 9.59 Å². The number of quaternary nitrogens is 1. The summed E-state index contributed by atoms with van der Waals surface area (Å²) in [5.41, 5.74) is 3.39. The van der Waals surface area contributed by atoms with Crippen molar-refractivity contribution in [3.8, 4) is 11.5 Å². The van der Waals surface area contributed by atoms with Gasteiger partial charge in [0.15, 0.2) is 18.0 Å². The van der Waals surface area contributed by atoms with E-state index in [1.54, 1.807) is 45.5 Å². The Morgan fingerprint density at radius 2 is 1.64 bits per heavy atom. The maximum Gasteiger partial charge on any atom is 0.279 e. The van der Waals surface area contributed by atoms with E-state index in [1.807, 2.05) is 26.1 Å². The molecule has 0 fully saturated rings. The van der Waals surface area contributed by atoms with E-state index in [4.69, 9.17) is 9.47 Å². The summed E-state index contributed by atoms with van der Waals surface area (Å²) in [5, 5.41) is 5.43. The highest BCUT2D eigenvalue weighted by Gasteiger charge is 2.15. The third-order valence-corrected chi connectivity index (χ3v) is 4.45. The second kappa shape index (κ2) is 9.75. The van der Waals surface area contributed by atoms with E-state index in [2.05, 4.69) is 10.6 Å². The normalized spacial score (nSPS) is 11.5. The number of nitrogens with one attached hydrogen (secondary N) is 3. The minimum absolute atomic E-state index is 0.0941. The number of hydrogen-bond donors (Lipinski definition) is 3. The molecule has 0 spiro atoms. The number of likely N-dealkylation sites (N-methyl/N-ethyl adjacent to an activating group) is 1. The first kappa shape index (κ1) is 21.2. The van der Waals surface area contributed by atoms with Crippen LogP contribution in [0.2, 0.25) is 0 Å². The van der Waals surface area contributed by atoms with Gasteiger partial charge in [0, 0.05) is 23.9 Å². The Bertz CT molecular complexity index is 834. The van der Waals surface area contributed by atoms with Crippen LogP contribution in [-0.4, -0.2) is 46.7 Å². The molecule has 3 N–H and O–H groups in total. The Morgan fingerprint density at radius 1 is 1.04 bits per heavy atom. The highest BCUT2D eigenvalue weighted by molar-refractivity contribution is 5.95. The molecule has 2 aromatic carbocycles. The highest BCUT2D eigenvalue weighted by atomic mass is 16.5. The molecule has 7 heteroatoms. The number of anilines is 1. The quantitative estimate of drug-likeness (QED) is 0.633. The zero-order valence-electron chi connectivity index (χ0n) is 17.0. The van der Waals surface area contributed by atoms with Gasteiger partial charge in [-0.2, -0.15) is 0 Å². The summed E-state index contributed by atoms with van der Waals surface area (Å²) in [4.78, 5) is 24.9. The molecule has 2 amide bonds. The first-order chi connectivity index (χ1) is 13.4. The van der Waals surface area contributed by atoms with Crippen LogP contribution in [0.4, 0.5) is 5.69 Å². The van der Waals surface area contributed by atoms with E-state index in [0.29, 0.717) is 35.8 Å². The van der Waals surface area contributed by atoms with Gasteiger partial charge in [-0.05, 0) is 48.9 Å². The van der Waals surface area contributed by atoms with Crippen LogP contribution in [0, 0.1) is 6.92 Å². The first-order valence-corrected chi connectivity index (χ1v) is 9.02. The zero-order valence-corrected chi connectivity index (χ0v) is 17.0. The zero-order chi connectivity index (χ0) is 20.7. The molecule has 2 aromatic rings. The average molecular weight is 386 g/mol. The molecule has 0 aliphatic rings. The Hall–Kier alpha value is -3.06. The van der Waals surface area contributed by atoms with Gasteiger partial charge in [0.05, 0.1) is 21.3 Å². The number of carbonyl (C=O) groups excluding carboxylic acids is 2. The monoisotopic (exact) mass is 386 g/mol. The Labute approximate surface area is 165 Å². The SMILES string of the molecule is CNC(=O)c1ccc(NC(=O)C[NH+](C)Cc2cc(OC)c(OC)cc2C)cc1. The minimum atomic E-state index is -0.160. The summed E-state index contributed by atoms with van der Waals surface area (Å²) in [7, 11) is 6.76. The lowest BCUT2D eigenvalue weighted by Gasteiger charge is -2.17. The highest BCUT2D eigenvalue weighted by Crippen LogP contribution is 2.29. The minimum Gasteiger partial charge on any atom is -0.493 e. The van der Waals surface area contributed by atoms with Crippen LogP contribution in [0.15, 0.2) is 36.4 Å². The molecule has 1 atom stereocenters. The number of aryl methyl sites for hydroxylation is 1. The predicted octanol–water partition coefficient (Wildman–Crippen LogP) is 1.03. The van der Waals surface area contributed by atoms with Crippen molar-refractivity contribution in [3.05, 3.63) is 53.1 Å². The standard InChI is InChI=1S/C21H27N3O4/c1-14-10-18(27-4)19(28-5)11-16(14)12-24(3)13-20(25)23-17-8-6-15(7-9-17)21(26)22-2/h6-11H,12-13H2,1-5H3,(H,22,26)(H,23,25)/p+1. The van der Waals surface area contributed by atoms with Gasteiger partial charge in [-0.25, -0.2) is 0 Å². The van der Waals surface area contributed by atoms with Gasteiger partial charge in [-0.15, -0.1) is 0 Å². The van der Waals surface area contributed by atoms with Gasteiger partial charge in [0.1, 0.15) is 6.54 Å². The molecule has 0 bridgehead atoms. The molecule has 28 heavy (non-hydrogen) atoms. The van der Waals surface area contributed by atoms with E-state index < -0.39 is 0 Å². The molecular formula is C21H28N3O4+. The molecule has 7 nitrogen and oxygen atoms in total. The van der Waals surface area contributed by atoms with E-state index in [0.717, 1.165) is 16.0 Å². The molecule has 0 radical (unpaired) electrons. The van der Waals surface area contributed by atoms with Crippen molar-refractivity contribution in [2.75, 3.05) is 40.2 Å². The van der Waals surface area contributed by atoms with Gasteiger partial charge < -0.3 is 25.0 Å². The largest absolute Gasteiger partial charge is 0.493 e. The van der Waals surface area contributed by atoms with E-state index in [1.165, 1.54) is 0 Å². The Kier molecular flexibility index (Phi) is 7.40. The molecule has 2 rings (SSSR count). The smallest absolute Gasteiger partial charge is 0.279 e. The summed E-state index contributed by atoms with van der Waals surface area (Å²) in [6, 6.07) is 10.7. The van der Waals surface area contributed by atoms with Gasteiger partial charge >= 0.3 is 0 Å². The van der Waals surface area contributed by atoms with Crippen LogP contribution in [0.5, 0.6) is 11.5 Å². The van der Waals surface area contributed by atoms with Crippen LogP contribution in [0.1, 0.15) is 21.5 Å². The molecule has 0 aliphatic carbocycles. The molecular weight excluding hydrogens is 358 g/mol. The molecule has 0 aromatic heterocycles. The number of benzene rings is 2. The number of hydrogen-bond acceptors (Lipinski definition) is 4. The van der Waals surface area contributed by atoms with Crippen LogP contribution in [-0.2, 0) is 11.3 Å². The molecule has 0 saturated carbocycles. The Balaban J connectivity index is 1.96. The van der Waals surface area contributed by atoms with Crippen LogP contribution in [0.3, 0.4) is 0 Å². The van der Waals surface area contributed by atoms with Crippen molar-refractivity contribution >= 4 is 17.5 Å². The van der Waals surface area contributed by atoms with E-state index >= 15 is 0 Å². The summed E-state index contributed by atoms with van der Waals surface area (Å²) in [6.07, 6.45) is 0. The third-order valence-electron chi connectivity index (χ3n) is 4.45. The molecule has 0 heterocycles. The van der Waals surface area contributed by atoms with E-state index in [-0.39, 0.29) is 11.8 Å². The summed E-state index contributed by atoms with van der Waals surface area (Å²) < 4.78 is 10.7. The number of methoxy groups -OCH3 is 2. The number of carbonyl (C=O) groups is 2. The van der Waals surface area contributed by atoms with Crippen molar-refractivity contribution in [1.82, 2.24) is 5.32 Å². The van der Waals surface area contributed by atoms with Crippen molar-refractivity contribution in [2.45, 2.75) is 13.5 Å². The van der Waals surface area contributed by atoms with Crippen molar-refractivity contribution in [2.24, 2.45) is 0 Å². The lowest BCUT2D eigenvalue weighted by atomic mass is 10.1. The lowest BCUT2D eigenvalue weighted by Crippen LogP contribution is -3.08. The summed E-state index contributed by atoms with van der Waals surface area (Å²) in [5.74, 6) is 1.12. The van der Waals surface area contributed by atoms with Gasteiger partial charge in [0.2, 0.25) is 0 Å². The fraction of sp³-hybridized carbons (Fsp3) is 0.333. The molecule has 150 valence electrons. The second-order valence-electron chi connectivity index (χ2n) is 6.65. The first-order valence-electron chi connectivity index (χ1n) is 9.02. The van der Waals surface area contributed by atoms with Gasteiger partial charge in [-0.3, -0.25) is 9.59 Å².